The monoisotopic (exact) mass is 438 g/mol. The number of amides is 2. The van der Waals surface area contributed by atoms with Crippen LogP contribution in [0.2, 0.25) is 0 Å². The number of aromatic nitrogens is 2. The topological polar surface area (TPSA) is 93.7 Å². The second-order valence-electron chi connectivity index (χ2n) is 6.87. The summed E-state index contributed by atoms with van der Waals surface area (Å²) < 4.78 is 11.0. The predicted molar refractivity (Wildman–Crippen MR) is 118 cm³/mol. The van der Waals surface area contributed by atoms with Gasteiger partial charge in [-0.25, -0.2) is 4.98 Å². The largest absolute Gasteiger partial charge is 0.486 e. The maximum absolute atomic E-state index is 13.1. The number of carbonyl (C=O) groups excluding carboxylic acids is 2. The Hall–Kier alpha value is -3.46. The van der Waals surface area contributed by atoms with Crippen LogP contribution in [-0.4, -0.2) is 53.0 Å². The first-order valence-electron chi connectivity index (χ1n) is 9.92. The lowest BCUT2D eigenvalue weighted by Crippen LogP contribution is -2.37. The zero-order valence-electron chi connectivity index (χ0n) is 17.3. The summed E-state index contributed by atoms with van der Waals surface area (Å²) in [5.41, 5.74) is 1.93. The smallest absolute Gasteiger partial charge is 0.266 e. The van der Waals surface area contributed by atoms with Crippen LogP contribution >= 0.6 is 11.3 Å². The second-order valence-corrected chi connectivity index (χ2v) is 7.87. The van der Waals surface area contributed by atoms with Crippen LogP contribution < -0.4 is 14.8 Å². The molecule has 2 aromatic heterocycles. The highest BCUT2D eigenvalue weighted by Gasteiger charge is 2.23. The number of hydrogen-bond acceptors (Lipinski definition) is 7. The number of benzene rings is 1. The first-order chi connectivity index (χ1) is 15.0. The highest BCUT2D eigenvalue weighted by Crippen LogP contribution is 2.32. The number of ether oxygens (including phenoxy) is 2. The van der Waals surface area contributed by atoms with Gasteiger partial charge in [0.15, 0.2) is 11.5 Å². The van der Waals surface area contributed by atoms with Crippen LogP contribution in [0.15, 0.2) is 42.6 Å². The summed E-state index contributed by atoms with van der Waals surface area (Å²) in [5.74, 6) is 0.727. The molecule has 0 fully saturated rings. The van der Waals surface area contributed by atoms with E-state index >= 15 is 0 Å². The molecule has 9 heteroatoms. The Morgan fingerprint density at radius 3 is 2.71 bits per heavy atom. The average molecular weight is 439 g/mol. The Bertz CT molecular complexity index is 1100. The molecule has 0 spiro atoms. The van der Waals surface area contributed by atoms with Gasteiger partial charge in [-0.05, 0) is 38.1 Å². The standard InChI is InChI=1S/C22H22N4O4S/c1-3-26(13-19(27)25-15-7-8-17-18(12-15)30-11-10-29-17)22(28)20-14(2)24-21(31-20)16-6-4-5-9-23-16/h4-9,12H,3,10-11,13H2,1-2H3,(H,25,27). The molecule has 0 saturated heterocycles. The van der Waals surface area contributed by atoms with E-state index in [0.717, 1.165) is 0 Å². The van der Waals surface area contributed by atoms with Crippen LogP contribution in [0.25, 0.3) is 10.7 Å². The molecule has 1 aromatic carbocycles. The van der Waals surface area contributed by atoms with Crippen LogP contribution in [0.5, 0.6) is 11.5 Å². The highest BCUT2D eigenvalue weighted by molar-refractivity contribution is 7.17. The molecule has 8 nitrogen and oxygen atoms in total. The Kier molecular flexibility index (Phi) is 6.13. The van der Waals surface area contributed by atoms with Gasteiger partial charge in [-0.15, -0.1) is 11.3 Å². The Morgan fingerprint density at radius 1 is 1.16 bits per heavy atom. The normalized spacial score (nSPS) is 12.3. The molecular formula is C22H22N4O4S. The van der Waals surface area contributed by atoms with E-state index in [9.17, 15) is 9.59 Å². The molecule has 2 amide bonds. The van der Waals surface area contributed by atoms with Crippen molar-refractivity contribution < 1.29 is 19.1 Å². The van der Waals surface area contributed by atoms with E-state index in [1.54, 1.807) is 31.3 Å². The molecule has 1 aliphatic heterocycles. The number of thiazole rings is 1. The lowest BCUT2D eigenvalue weighted by atomic mass is 10.2. The van der Waals surface area contributed by atoms with E-state index in [0.29, 0.717) is 58.2 Å². The lowest BCUT2D eigenvalue weighted by Gasteiger charge is -2.21. The number of likely N-dealkylation sites (N-methyl/N-ethyl adjacent to an activating group) is 1. The molecular weight excluding hydrogens is 416 g/mol. The van der Waals surface area contributed by atoms with Gasteiger partial charge in [-0.3, -0.25) is 14.6 Å². The van der Waals surface area contributed by atoms with Gasteiger partial charge in [0, 0.05) is 24.5 Å². The number of hydrogen-bond donors (Lipinski definition) is 1. The number of nitrogens with one attached hydrogen (secondary N) is 1. The van der Waals surface area contributed by atoms with Crippen LogP contribution in [-0.2, 0) is 4.79 Å². The molecule has 160 valence electrons. The molecule has 3 heterocycles. The minimum Gasteiger partial charge on any atom is -0.486 e. The minimum atomic E-state index is -0.293. The summed E-state index contributed by atoms with van der Waals surface area (Å²) in [6.45, 7) is 4.93. The molecule has 0 atom stereocenters. The number of pyridine rings is 1. The zero-order chi connectivity index (χ0) is 21.8. The van der Waals surface area contributed by atoms with E-state index in [2.05, 4.69) is 15.3 Å². The van der Waals surface area contributed by atoms with Crippen molar-refractivity contribution in [3.63, 3.8) is 0 Å². The molecule has 0 saturated carbocycles. The summed E-state index contributed by atoms with van der Waals surface area (Å²) >= 11 is 1.28. The second kappa shape index (κ2) is 9.13. The Labute approximate surface area is 183 Å². The quantitative estimate of drug-likeness (QED) is 0.634. The van der Waals surface area contributed by atoms with Crippen molar-refractivity contribution in [1.82, 2.24) is 14.9 Å². The number of nitrogens with zero attached hydrogens (tertiary/aromatic N) is 3. The van der Waals surface area contributed by atoms with Crippen molar-refractivity contribution >= 4 is 28.8 Å². The Morgan fingerprint density at radius 2 is 1.97 bits per heavy atom. The lowest BCUT2D eigenvalue weighted by molar-refractivity contribution is -0.116. The van der Waals surface area contributed by atoms with E-state index < -0.39 is 0 Å². The third-order valence-electron chi connectivity index (χ3n) is 4.70. The number of fused-ring (bicyclic) bond motifs is 1. The summed E-state index contributed by atoms with van der Waals surface area (Å²) in [4.78, 5) is 36.5. The first-order valence-corrected chi connectivity index (χ1v) is 10.7. The molecule has 0 radical (unpaired) electrons. The minimum absolute atomic E-state index is 0.0694. The van der Waals surface area contributed by atoms with E-state index in [1.807, 2.05) is 25.1 Å². The van der Waals surface area contributed by atoms with E-state index in [-0.39, 0.29) is 18.4 Å². The molecule has 3 aromatic rings. The van der Waals surface area contributed by atoms with Crippen molar-refractivity contribution in [1.29, 1.82) is 0 Å². The fourth-order valence-corrected chi connectivity index (χ4v) is 4.17. The van der Waals surface area contributed by atoms with Gasteiger partial charge in [0.05, 0.1) is 11.4 Å². The van der Waals surface area contributed by atoms with Gasteiger partial charge < -0.3 is 19.7 Å². The van der Waals surface area contributed by atoms with Crippen molar-refractivity contribution in [3.8, 4) is 22.2 Å². The van der Waals surface area contributed by atoms with Gasteiger partial charge in [0.2, 0.25) is 5.91 Å². The molecule has 0 aliphatic carbocycles. The molecule has 31 heavy (non-hydrogen) atoms. The fourth-order valence-electron chi connectivity index (χ4n) is 3.16. The van der Waals surface area contributed by atoms with Crippen molar-refractivity contribution in [2.75, 3.05) is 31.6 Å². The highest BCUT2D eigenvalue weighted by atomic mass is 32.1. The van der Waals surface area contributed by atoms with Crippen LogP contribution in [0.3, 0.4) is 0 Å². The average Bonchev–Trinajstić information content (AvgIpc) is 3.19. The SMILES string of the molecule is CCN(CC(=O)Nc1ccc2c(c1)OCCO2)C(=O)c1sc(-c2ccccn2)nc1C. The maximum Gasteiger partial charge on any atom is 0.266 e. The number of aryl methyl sites for hydroxylation is 1. The van der Waals surface area contributed by atoms with Crippen LogP contribution in [0, 0.1) is 6.92 Å². The van der Waals surface area contributed by atoms with Crippen LogP contribution in [0.4, 0.5) is 5.69 Å². The van der Waals surface area contributed by atoms with Gasteiger partial charge in [0.25, 0.3) is 5.91 Å². The molecule has 0 bridgehead atoms. The van der Waals surface area contributed by atoms with Gasteiger partial charge >= 0.3 is 0 Å². The number of rotatable bonds is 6. The van der Waals surface area contributed by atoms with E-state index in [4.69, 9.17) is 9.47 Å². The molecule has 1 N–H and O–H groups in total. The van der Waals surface area contributed by atoms with E-state index in [1.165, 1.54) is 16.2 Å². The van der Waals surface area contributed by atoms with Gasteiger partial charge in [0.1, 0.15) is 29.6 Å². The summed E-state index contributed by atoms with van der Waals surface area (Å²) in [6.07, 6.45) is 1.69. The maximum atomic E-state index is 13.1. The summed E-state index contributed by atoms with van der Waals surface area (Å²) in [5, 5.41) is 3.50. The van der Waals surface area contributed by atoms with Crippen molar-refractivity contribution in [2.24, 2.45) is 0 Å². The summed E-state index contributed by atoms with van der Waals surface area (Å²) in [7, 11) is 0. The third-order valence-corrected chi connectivity index (χ3v) is 5.87. The number of carbonyl (C=O) groups is 2. The van der Waals surface area contributed by atoms with Gasteiger partial charge in [-0.1, -0.05) is 6.07 Å². The first kappa shape index (κ1) is 20.8. The summed E-state index contributed by atoms with van der Waals surface area (Å²) in [6, 6.07) is 10.8. The zero-order valence-corrected chi connectivity index (χ0v) is 18.1. The van der Waals surface area contributed by atoms with Crippen molar-refractivity contribution in [2.45, 2.75) is 13.8 Å². The van der Waals surface area contributed by atoms with Crippen molar-refractivity contribution in [3.05, 3.63) is 53.2 Å². The Balaban J connectivity index is 1.44. The van der Waals surface area contributed by atoms with Gasteiger partial charge in [-0.2, -0.15) is 0 Å². The van der Waals surface area contributed by atoms with Crippen LogP contribution in [0.1, 0.15) is 22.3 Å². The predicted octanol–water partition coefficient (Wildman–Crippen LogP) is 3.39. The molecule has 1 aliphatic rings. The fraction of sp³-hybridized carbons (Fsp3) is 0.273. The molecule has 0 unspecified atom stereocenters. The third kappa shape index (κ3) is 4.66. The number of anilines is 1. The molecule has 4 rings (SSSR count).